The summed E-state index contributed by atoms with van der Waals surface area (Å²) in [5, 5.41) is 19.9. The van der Waals surface area contributed by atoms with Crippen molar-refractivity contribution in [3.8, 4) is 0 Å². The first-order valence-electron chi connectivity index (χ1n) is 6.20. The van der Waals surface area contributed by atoms with Gasteiger partial charge in [-0.25, -0.2) is 0 Å². The highest BCUT2D eigenvalue weighted by Gasteiger charge is 2.41. The number of rotatable bonds is 4. The summed E-state index contributed by atoms with van der Waals surface area (Å²) < 4.78 is 0. The summed E-state index contributed by atoms with van der Waals surface area (Å²) >= 11 is 0. The highest BCUT2D eigenvalue weighted by Crippen LogP contribution is 2.35. The van der Waals surface area contributed by atoms with Crippen molar-refractivity contribution >= 4 is 5.97 Å². The first-order valence-corrected chi connectivity index (χ1v) is 6.20. The average Bonchev–Trinajstić information content (AvgIpc) is 2.19. The van der Waals surface area contributed by atoms with Crippen LogP contribution in [0.3, 0.4) is 0 Å². The van der Waals surface area contributed by atoms with Gasteiger partial charge < -0.3 is 10.2 Å². The number of hydrogen-bond acceptors (Lipinski definition) is 2. The minimum absolute atomic E-state index is 0.140. The molecule has 0 saturated carbocycles. The van der Waals surface area contributed by atoms with Crippen LogP contribution >= 0.6 is 0 Å². The van der Waals surface area contributed by atoms with Gasteiger partial charge in [-0.15, -0.1) is 0 Å². The largest absolute Gasteiger partial charge is 0.481 e. The number of benzene rings is 1. The highest BCUT2D eigenvalue weighted by molar-refractivity contribution is 5.72. The van der Waals surface area contributed by atoms with Crippen molar-refractivity contribution in [2.45, 2.75) is 40.2 Å². The van der Waals surface area contributed by atoms with Crippen LogP contribution in [0, 0.1) is 25.7 Å². The van der Waals surface area contributed by atoms with Crippen LogP contribution in [0.4, 0.5) is 0 Å². The Bertz CT molecular complexity index is 447. The lowest BCUT2D eigenvalue weighted by Crippen LogP contribution is -2.40. The lowest BCUT2D eigenvalue weighted by molar-refractivity contribution is -0.155. The van der Waals surface area contributed by atoms with Crippen molar-refractivity contribution in [2.24, 2.45) is 11.8 Å². The van der Waals surface area contributed by atoms with E-state index in [-0.39, 0.29) is 5.92 Å². The van der Waals surface area contributed by atoms with Crippen LogP contribution in [-0.4, -0.2) is 16.2 Å². The summed E-state index contributed by atoms with van der Waals surface area (Å²) in [4.78, 5) is 11.4. The van der Waals surface area contributed by atoms with Crippen LogP contribution in [-0.2, 0) is 10.4 Å². The van der Waals surface area contributed by atoms with E-state index in [9.17, 15) is 15.0 Å². The molecule has 0 saturated heterocycles. The first-order chi connectivity index (χ1) is 8.17. The fourth-order valence-electron chi connectivity index (χ4n) is 2.41. The highest BCUT2D eigenvalue weighted by atomic mass is 16.4. The van der Waals surface area contributed by atoms with Gasteiger partial charge in [-0.05, 0) is 43.4 Å². The third-order valence-electron chi connectivity index (χ3n) is 3.63. The summed E-state index contributed by atoms with van der Waals surface area (Å²) in [6.07, 6.45) is 0. The third-order valence-corrected chi connectivity index (χ3v) is 3.63. The minimum atomic E-state index is -1.36. The van der Waals surface area contributed by atoms with E-state index in [1.54, 1.807) is 13.0 Å². The van der Waals surface area contributed by atoms with Crippen molar-refractivity contribution in [1.29, 1.82) is 0 Å². The fraction of sp³-hybridized carbons (Fsp3) is 0.533. The standard InChI is InChI=1S/C15H22O3/c1-9(2)13(14(16)17)15(5,18)12-7-6-10(3)11(4)8-12/h6-9,13,18H,1-5H3,(H,16,17). The maximum atomic E-state index is 11.4. The van der Waals surface area contributed by atoms with Gasteiger partial charge in [0.25, 0.3) is 0 Å². The molecule has 0 aliphatic carbocycles. The van der Waals surface area contributed by atoms with Gasteiger partial charge in [0.1, 0.15) is 5.60 Å². The number of carboxylic acids is 1. The number of carboxylic acid groups (broad SMARTS) is 1. The summed E-state index contributed by atoms with van der Waals surface area (Å²) in [6, 6.07) is 5.59. The van der Waals surface area contributed by atoms with E-state index in [0.717, 1.165) is 11.1 Å². The molecule has 1 aromatic carbocycles. The molecule has 0 aliphatic rings. The van der Waals surface area contributed by atoms with E-state index in [2.05, 4.69) is 0 Å². The number of hydrogen-bond donors (Lipinski definition) is 2. The summed E-state index contributed by atoms with van der Waals surface area (Å²) in [5.74, 6) is -1.92. The zero-order valence-electron chi connectivity index (χ0n) is 11.7. The number of aliphatic carboxylic acids is 1. The molecule has 0 amide bonds. The smallest absolute Gasteiger partial charge is 0.310 e. The summed E-state index contributed by atoms with van der Waals surface area (Å²) in [7, 11) is 0. The molecule has 0 aliphatic heterocycles. The number of aliphatic hydroxyl groups is 1. The van der Waals surface area contributed by atoms with Gasteiger partial charge in [0.15, 0.2) is 0 Å². The summed E-state index contributed by atoms with van der Waals surface area (Å²) in [5.41, 5.74) is 1.48. The predicted molar refractivity (Wildman–Crippen MR) is 71.5 cm³/mol. The van der Waals surface area contributed by atoms with E-state index in [0.29, 0.717) is 5.56 Å². The zero-order valence-corrected chi connectivity index (χ0v) is 11.7. The first kappa shape index (κ1) is 14.7. The maximum absolute atomic E-state index is 11.4. The van der Waals surface area contributed by atoms with Crippen LogP contribution in [0.2, 0.25) is 0 Å². The Labute approximate surface area is 108 Å². The third kappa shape index (κ3) is 2.72. The molecule has 2 atom stereocenters. The molecular weight excluding hydrogens is 228 g/mol. The van der Waals surface area contributed by atoms with Crippen molar-refractivity contribution in [2.75, 3.05) is 0 Å². The Kier molecular flexibility index (Phi) is 4.17. The molecule has 2 N–H and O–H groups in total. The quantitative estimate of drug-likeness (QED) is 0.864. The lowest BCUT2D eigenvalue weighted by atomic mass is 9.76. The Morgan fingerprint density at radius 2 is 1.78 bits per heavy atom. The zero-order chi connectivity index (χ0) is 14.1. The van der Waals surface area contributed by atoms with Crippen LogP contribution in [0.25, 0.3) is 0 Å². The van der Waals surface area contributed by atoms with E-state index >= 15 is 0 Å². The Morgan fingerprint density at radius 3 is 2.17 bits per heavy atom. The van der Waals surface area contributed by atoms with Crippen molar-refractivity contribution in [3.05, 3.63) is 34.9 Å². The van der Waals surface area contributed by atoms with E-state index in [1.807, 2.05) is 39.8 Å². The van der Waals surface area contributed by atoms with Gasteiger partial charge in [0, 0.05) is 0 Å². The van der Waals surface area contributed by atoms with E-state index < -0.39 is 17.5 Å². The number of aryl methyl sites for hydroxylation is 2. The molecule has 2 unspecified atom stereocenters. The van der Waals surface area contributed by atoms with Crippen LogP contribution in [0.5, 0.6) is 0 Å². The molecule has 0 spiro atoms. The number of carbonyl (C=O) groups is 1. The average molecular weight is 250 g/mol. The van der Waals surface area contributed by atoms with Gasteiger partial charge in [0.05, 0.1) is 5.92 Å². The molecule has 1 aromatic rings. The monoisotopic (exact) mass is 250 g/mol. The second-order valence-electron chi connectivity index (χ2n) is 5.51. The molecule has 100 valence electrons. The molecule has 0 heterocycles. The molecule has 1 rings (SSSR count). The predicted octanol–water partition coefficient (Wildman–Crippen LogP) is 2.87. The minimum Gasteiger partial charge on any atom is -0.481 e. The SMILES string of the molecule is Cc1ccc(C(C)(O)C(C(=O)O)C(C)C)cc1C. The molecule has 0 aromatic heterocycles. The Morgan fingerprint density at radius 1 is 1.22 bits per heavy atom. The van der Waals surface area contributed by atoms with Gasteiger partial charge in [-0.1, -0.05) is 32.0 Å². The Balaban J connectivity index is 3.25. The molecule has 3 heteroatoms. The second-order valence-corrected chi connectivity index (χ2v) is 5.51. The molecule has 18 heavy (non-hydrogen) atoms. The summed E-state index contributed by atoms with van der Waals surface area (Å²) in [6.45, 7) is 9.16. The van der Waals surface area contributed by atoms with E-state index in [4.69, 9.17) is 0 Å². The fourth-order valence-corrected chi connectivity index (χ4v) is 2.41. The van der Waals surface area contributed by atoms with Crippen molar-refractivity contribution < 1.29 is 15.0 Å². The molecule has 0 fully saturated rings. The topological polar surface area (TPSA) is 57.5 Å². The normalized spacial score (nSPS) is 16.4. The Hall–Kier alpha value is -1.35. The van der Waals surface area contributed by atoms with Gasteiger partial charge in [0.2, 0.25) is 0 Å². The molecular formula is C15H22O3. The van der Waals surface area contributed by atoms with Crippen molar-refractivity contribution in [1.82, 2.24) is 0 Å². The van der Waals surface area contributed by atoms with Crippen LogP contribution < -0.4 is 0 Å². The van der Waals surface area contributed by atoms with Crippen molar-refractivity contribution in [3.63, 3.8) is 0 Å². The molecule has 0 radical (unpaired) electrons. The lowest BCUT2D eigenvalue weighted by Gasteiger charge is -2.33. The van der Waals surface area contributed by atoms with Gasteiger partial charge >= 0.3 is 5.97 Å². The maximum Gasteiger partial charge on any atom is 0.310 e. The molecule has 3 nitrogen and oxygen atoms in total. The van der Waals surface area contributed by atoms with Crippen LogP contribution in [0.15, 0.2) is 18.2 Å². The van der Waals surface area contributed by atoms with Gasteiger partial charge in [-0.3, -0.25) is 4.79 Å². The van der Waals surface area contributed by atoms with E-state index in [1.165, 1.54) is 0 Å². The van der Waals surface area contributed by atoms with Crippen LogP contribution in [0.1, 0.15) is 37.5 Å². The second kappa shape index (κ2) is 5.11. The van der Waals surface area contributed by atoms with Gasteiger partial charge in [-0.2, -0.15) is 0 Å². The molecule has 0 bridgehead atoms.